The summed E-state index contributed by atoms with van der Waals surface area (Å²) >= 11 is 0. The average Bonchev–Trinajstić information content (AvgIpc) is 3.36. The average molecular weight is 487 g/mol. The fourth-order valence-corrected chi connectivity index (χ4v) is 5.33. The number of ether oxygens (including phenoxy) is 3. The minimum Gasteiger partial charge on any atom is -0.493 e. The van der Waals surface area contributed by atoms with E-state index in [4.69, 9.17) is 23.6 Å². The van der Waals surface area contributed by atoms with Gasteiger partial charge in [-0.1, -0.05) is 31.4 Å². The monoisotopic (exact) mass is 486 g/mol. The maximum Gasteiger partial charge on any atom is 0.227 e. The van der Waals surface area contributed by atoms with Gasteiger partial charge in [-0.2, -0.15) is 0 Å². The lowest BCUT2D eigenvalue weighted by atomic mass is 9.90. The molecule has 2 heterocycles. The molecular formula is C30H34N2O4. The summed E-state index contributed by atoms with van der Waals surface area (Å²) in [5.41, 5.74) is 2.58. The molecule has 0 N–H and O–H groups in total. The summed E-state index contributed by atoms with van der Waals surface area (Å²) in [5, 5.41) is 2.20. The van der Waals surface area contributed by atoms with Crippen LogP contribution < -0.4 is 9.47 Å². The molecule has 0 atom stereocenters. The summed E-state index contributed by atoms with van der Waals surface area (Å²) in [6, 6.07) is 18.4. The van der Waals surface area contributed by atoms with Crippen LogP contribution in [0.3, 0.4) is 0 Å². The molecule has 1 saturated carbocycles. The van der Waals surface area contributed by atoms with Gasteiger partial charge in [0.15, 0.2) is 5.58 Å². The third-order valence-corrected chi connectivity index (χ3v) is 7.43. The van der Waals surface area contributed by atoms with E-state index in [2.05, 4.69) is 29.2 Å². The Balaban J connectivity index is 1.16. The van der Waals surface area contributed by atoms with Crippen LogP contribution in [0.1, 0.15) is 32.1 Å². The standard InChI is InChI=1S/C30H34N2O4/c1-2-5-22(6-3-1)21-35-25-10-12-28-29(20-25)36-30(31-28)27-8-4-7-23-19-24(9-11-26(23)27)34-18-15-32-13-16-33-17-14-32/h4,7-12,19-20,22H,1-3,5-6,13-18,21H2. The second-order valence-electron chi connectivity index (χ2n) is 9.95. The van der Waals surface area contributed by atoms with Crippen molar-refractivity contribution in [2.45, 2.75) is 32.1 Å². The predicted octanol–water partition coefficient (Wildman–Crippen LogP) is 6.32. The molecule has 4 aromatic rings. The second kappa shape index (κ2) is 10.9. The van der Waals surface area contributed by atoms with Crippen LogP contribution in [-0.2, 0) is 4.74 Å². The Bertz CT molecular complexity index is 1310. The van der Waals surface area contributed by atoms with E-state index in [1.807, 2.05) is 30.3 Å². The molecule has 0 amide bonds. The summed E-state index contributed by atoms with van der Waals surface area (Å²) in [6.45, 7) is 5.93. The van der Waals surface area contributed by atoms with E-state index in [1.54, 1.807) is 0 Å². The summed E-state index contributed by atoms with van der Waals surface area (Å²) in [6.07, 6.45) is 6.56. The molecule has 0 bridgehead atoms. The van der Waals surface area contributed by atoms with Crippen molar-refractivity contribution in [3.8, 4) is 23.0 Å². The highest BCUT2D eigenvalue weighted by Crippen LogP contribution is 2.33. The van der Waals surface area contributed by atoms with Crippen LogP contribution in [0.15, 0.2) is 59.0 Å². The topological polar surface area (TPSA) is 57.0 Å². The van der Waals surface area contributed by atoms with Crippen LogP contribution in [0.25, 0.3) is 33.3 Å². The molecule has 1 aliphatic heterocycles. The van der Waals surface area contributed by atoms with Gasteiger partial charge in [-0.3, -0.25) is 4.90 Å². The van der Waals surface area contributed by atoms with E-state index in [-0.39, 0.29) is 0 Å². The van der Waals surface area contributed by atoms with Gasteiger partial charge in [0.2, 0.25) is 5.89 Å². The Morgan fingerprint density at radius 1 is 0.889 bits per heavy atom. The van der Waals surface area contributed by atoms with Gasteiger partial charge < -0.3 is 18.6 Å². The van der Waals surface area contributed by atoms with Crippen molar-refractivity contribution >= 4 is 21.9 Å². The minimum absolute atomic E-state index is 0.626. The Hall–Kier alpha value is -3.09. The number of oxazole rings is 1. The molecule has 188 valence electrons. The van der Waals surface area contributed by atoms with Crippen LogP contribution in [0, 0.1) is 5.92 Å². The van der Waals surface area contributed by atoms with Gasteiger partial charge in [-0.05, 0) is 65.9 Å². The largest absolute Gasteiger partial charge is 0.493 e. The maximum absolute atomic E-state index is 6.22. The first-order chi connectivity index (χ1) is 17.8. The predicted molar refractivity (Wildman–Crippen MR) is 142 cm³/mol. The quantitative estimate of drug-likeness (QED) is 0.291. The van der Waals surface area contributed by atoms with Crippen LogP contribution in [0.5, 0.6) is 11.5 Å². The number of morpholine rings is 1. The molecule has 1 aliphatic carbocycles. The molecule has 0 unspecified atom stereocenters. The normalized spacial score (nSPS) is 17.6. The molecule has 3 aromatic carbocycles. The molecule has 0 spiro atoms. The zero-order valence-electron chi connectivity index (χ0n) is 20.8. The Labute approximate surface area is 212 Å². The van der Waals surface area contributed by atoms with Gasteiger partial charge >= 0.3 is 0 Å². The van der Waals surface area contributed by atoms with Gasteiger partial charge in [-0.15, -0.1) is 0 Å². The minimum atomic E-state index is 0.626. The number of hydrogen-bond acceptors (Lipinski definition) is 6. The number of benzene rings is 3. The summed E-state index contributed by atoms with van der Waals surface area (Å²) in [7, 11) is 0. The fraction of sp³-hybridized carbons (Fsp3) is 0.433. The van der Waals surface area contributed by atoms with Crippen molar-refractivity contribution in [3.63, 3.8) is 0 Å². The van der Waals surface area contributed by atoms with E-state index in [0.29, 0.717) is 18.4 Å². The van der Waals surface area contributed by atoms with Crippen LogP contribution in [0.4, 0.5) is 0 Å². The summed E-state index contributed by atoms with van der Waals surface area (Å²) in [4.78, 5) is 7.16. The van der Waals surface area contributed by atoms with Crippen molar-refractivity contribution in [3.05, 3.63) is 54.6 Å². The molecule has 6 rings (SSSR count). The highest BCUT2D eigenvalue weighted by atomic mass is 16.5. The third-order valence-electron chi connectivity index (χ3n) is 7.43. The van der Waals surface area contributed by atoms with Crippen LogP contribution >= 0.6 is 0 Å². The smallest absolute Gasteiger partial charge is 0.227 e. The van der Waals surface area contributed by atoms with Crippen molar-refractivity contribution in [1.82, 2.24) is 9.88 Å². The van der Waals surface area contributed by atoms with E-state index in [1.165, 1.54) is 32.1 Å². The lowest BCUT2D eigenvalue weighted by Gasteiger charge is -2.26. The van der Waals surface area contributed by atoms with E-state index in [0.717, 1.165) is 78.4 Å². The number of rotatable bonds is 8. The molecule has 2 aliphatic rings. The molecule has 0 radical (unpaired) electrons. The molecule has 36 heavy (non-hydrogen) atoms. The molecule has 1 aromatic heterocycles. The first-order valence-corrected chi connectivity index (χ1v) is 13.3. The van der Waals surface area contributed by atoms with Gasteiger partial charge in [-0.25, -0.2) is 4.98 Å². The first-order valence-electron chi connectivity index (χ1n) is 13.3. The fourth-order valence-electron chi connectivity index (χ4n) is 5.33. The molecule has 1 saturated heterocycles. The Morgan fingerprint density at radius 3 is 2.61 bits per heavy atom. The molecule has 6 heteroatoms. The summed E-state index contributed by atoms with van der Waals surface area (Å²) in [5.74, 6) is 3.03. The van der Waals surface area contributed by atoms with E-state index in [9.17, 15) is 0 Å². The molecule has 6 nitrogen and oxygen atoms in total. The zero-order chi connectivity index (χ0) is 24.2. The van der Waals surface area contributed by atoms with Crippen molar-refractivity contribution in [2.24, 2.45) is 5.92 Å². The number of nitrogens with zero attached hydrogens (tertiary/aromatic N) is 2. The van der Waals surface area contributed by atoms with Crippen molar-refractivity contribution < 1.29 is 18.6 Å². The number of fused-ring (bicyclic) bond motifs is 2. The van der Waals surface area contributed by atoms with Gasteiger partial charge in [0.1, 0.15) is 23.6 Å². The first kappa shape index (κ1) is 23.3. The Morgan fingerprint density at radius 2 is 1.72 bits per heavy atom. The highest BCUT2D eigenvalue weighted by Gasteiger charge is 2.16. The second-order valence-corrected chi connectivity index (χ2v) is 9.95. The summed E-state index contributed by atoms with van der Waals surface area (Å²) < 4.78 is 23.8. The molecule has 2 fully saturated rings. The van der Waals surface area contributed by atoms with Gasteiger partial charge in [0.05, 0.1) is 19.8 Å². The molecular weight excluding hydrogens is 452 g/mol. The lowest BCUT2D eigenvalue weighted by Crippen LogP contribution is -2.38. The van der Waals surface area contributed by atoms with Crippen molar-refractivity contribution in [1.29, 1.82) is 0 Å². The SMILES string of the molecule is c1cc(-c2nc3ccc(OCC4CCCCC4)cc3o2)c2ccc(OCCN3CCOCC3)cc2c1. The zero-order valence-corrected chi connectivity index (χ0v) is 20.8. The lowest BCUT2D eigenvalue weighted by molar-refractivity contribution is 0.0322. The highest BCUT2D eigenvalue weighted by molar-refractivity contribution is 5.96. The van der Waals surface area contributed by atoms with Crippen molar-refractivity contribution in [2.75, 3.05) is 46.1 Å². The van der Waals surface area contributed by atoms with E-state index >= 15 is 0 Å². The van der Waals surface area contributed by atoms with E-state index < -0.39 is 0 Å². The van der Waals surface area contributed by atoms with Crippen LogP contribution in [-0.4, -0.2) is 55.9 Å². The van der Waals surface area contributed by atoms with Gasteiger partial charge in [0.25, 0.3) is 0 Å². The maximum atomic E-state index is 6.22. The number of hydrogen-bond donors (Lipinski definition) is 0. The Kier molecular flexibility index (Phi) is 7.05. The van der Waals surface area contributed by atoms with Gasteiger partial charge in [0, 0.05) is 31.3 Å². The number of aromatic nitrogens is 1. The van der Waals surface area contributed by atoms with Crippen LogP contribution in [0.2, 0.25) is 0 Å². The third kappa shape index (κ3) is 5.35.